The Hall–Kier alpha value is 0.340. The van der Waals surface area contributed by atoms with Crippen molar-refractivity contribution in [3.8, 4) is 0 Å². The van der Waals surface area contributed by atoms with Gasteiger partial charge in [-0.1, -0.05) is 13.3 Å². The molecule has 0 saturated heterocycles. The van der Waals surface area contributed by atoms with E-state index in [1.165, 1.54) is 44.9 Å². The number of hydrogen-bond acceptors (Lipinski definition) is 3. The van der Waals surface area contributed by atoms with Crippen LogP contribution in [0, 0.1) is 0 Å². The predicted octanol–water partition coefficient (Wildman–Crippen LogP) is 8.36. The molecule has 0 bridgehead atoms. The topological polar surface area (TPSA) is 43.4 Å². The maximum absolute atomic E-state index is 13.0. The average Bonchev–Trinajstić information content (AvgIpc) is 2.63. The van der Waals surface area contributed by atoms with E-state index in [1.807, 2.05) is 0 Å². The van der Waals surface area contributed by atoms with Crippen LogP contribution in [0.1, 0.15) is 125 Å². The predicted molar refractivity (Wildman–Crippen MR) is 134 cm³/mol. The van der Waals surface area contributed by atoms with E-state index in [1.54, 1.807) is 0 Å². The molecule has 0 aliphatic rings. The first kappa shape index (κ1) is 29.3. The van der Waals surface area contributed by atoms with Crippen LogP contribution in [0.4, 0.5) is 0 Å². The van der Waals surface area contributed by atoms with Crippen LogP contribution in [0.25, 0.3) is 0 Å². The van der Waals surface area contributed by atoms with Crippen LogP contribution in [0.3, 0.4) is 0 Å². The molecule has 0 rings (SSSR count). The molecule has 0 fully saturated rings. The van der Waals surface area contributed by atoms with Crippen molar-refractivity contribution in [3.05, 3.63) is 0 Å². The van der Waals surface area contributed by atoms with Crippen molar-refractivity contribution in [2.45, 2.75) is 125 Å². The van der Waals surface area contributed by atoms with Gasteiger partial charge in [-0.05, 0) is 0 Å². The van der Waals surface area contributed by atoms with Gasteiger partial charge in [-0.2, -0.15) is 0 Å². The summed E-state index contributed by atoms with van der Waals surface area (Å²) in [5, 5.41) is 0. The van der Waals surface area contributed by atoms with Gasteiger partial charge in [0.25, 0.3) is 0 Å². The third kappa shape index (κ3) is 12.1. The molecule has 0 aliphatic heterocycles. The van der Waals surface area contributed by atoms with Crippen molar-refractivity contribution in [1.82, 2.24) is 0 Å². The molecule has 3 nitrogen and oxygen atoms in total. The minimum absolute atomic E-state index is 0.211. The van der Waals surface area contributed by atoms with Gasteiger partial charge in [0.2, 0.25) is 0 Å². The number of unbranched alkanes of at least 4 members (excludes halogenated alkanes) is 9. The Morgan fingerprint density at radius 3 is 1.21 bits per heavy atom. The summed E-state index contributed by atoms with van der Waals surface area (Å²) in [7, 11) is -3.44. The molecular weight excluding hydrogens is 399 g/mol. The average molecular weight is 453 g/mol. The molecule has 178 valence electrons. The molecule has 29 heavy (non-hydrogen) atoms. The van der Waals surface area contributed by atoms with E-state index < -0.39 is 16.9 Å². The molecule has 5 heteroatoms. The molecule has 0 aromatic carbocycles. The summed E-state index contributed by atoms with van der Waals surface area (Å²) in [6, 6.07) is 0. The van der Waals surface area contributed by atoms with Gasteiger partial charge in [0.15, 0.2) is 0 Å². The zero-order valence-electron chi connectivity index (χ0n) is 20.5. The van der Waals surface area contributed by atoms with E-state index in [-0.39, 0.29) is 5.75 Å². The molecule has 0 heterocycles. The second-order valence-electron chi connectivity index (χ2n) is 9.27. The maximum atomic E-state index is 13.0. The van der Waals surface area contributed by atoms with Gasteiger partial charge in [0, 0.05) is 0 Å². The molecule has 0 saturated carbocycles. The van der Waals surface area contributed by atoms with Crippen LogP contribution in [0.5, 0.6) is 0 Å². The van der Waals surface area contributed by atoms with Gasteiger partial charge in [0.05, 0.1) is 0 Å². The molecule has 0 N–H and O–H groups in total. The van der Waals surface area contributed by atoms with Crippen LogP contribution in [0.2, 0.25) is 0 Å². The molecule has 0 radical (unpaired) electrons. The molecule has 0 aromatic heterocycles. The van der Waals surface area contributed by atoms with Crippen molar-refractivity contribution < 1.29 is 12.4 Å². The second-order valence-corrected chi connectivity index (χ2v) is 16.9. The molecule has 0 atom stereocenters. The van der Waals surface area contributed by atoms with Crippen LogP contribution >= 0.6 is 6.83 Å². The fraction of sp³-hybridized carbons (Fsp3) is 1.00. The van der Waals surface area contributed by atoms with Gasteiger partial charge in [0.1, 0.15) is 0 Å². The van der Waals surface area contributed by atoms with Crippen molar-refractivity contribution >= 4 is 16.9 Å². The Bertz CT molecular complexity index is 455. The van der Waals surface area contributed by atoms with Crippen LogP contribution < -0.4 is 0 Å². The van der Waals surface area contributed by atoms with Crippen LogP contribution in [-0.2, 0) is 14.1 Å². The summed E-state index contributed by atoms with van der Waals surface area (Å²) in [5.74, 6) is 0.211. The van der Waals surface area contributed by atoms with Gasteiger partial charge in [-0.3, -0.25) is 0 Å². The monoisotopic (exact) mass is 452 g/mol. The second kappa shape index (κ2) is 16.0. The van der Waals surface area contributed by atoms with Gasteiger partial charge in [-0.25, -0.2) is 0 Å². The van der Waals surface area contributed by atoms with Crippen molar-refractivity contribution in [2.24, 2.45) is 0 Å². The Labute approximate surface area is 184 Å². The van der Waals surface area contributed by atoms with E-state index in [2.05, 4.69) is 34.6 Å². The SMILES string of the molecule is CCCCCCCCCCCCS(=O)(=O)OP(CCC)(CCC)(CCC)CCC. The molecule has 0 aromatic rings. The van der Waals surface area contributed by atoms with E-state index in [9.17, 15) is 8.42 Å². The summed E-state index contributed by atoms with van der Waals surface area (Å²) in [5.41, 5.74) is 0. The number of hydrogen-bond donors (Lipinski definition) is 0. The summed E-state index contributed by atoms with van der Waals surface area (Å²) in [6.45, 7) is 8.32. The third-order valence-corrected chi connectivity index (χ3v) is 15.9. The fourth-order valence-electron chi connectivity index (χ4n) is 5.21. The van der Waals surface area contributed by atoms with Gasteiger partial charge in [-0.15, -0.1) is 0 Å². The fourth-order valence-corrected chi connectivity index (χ4v) is 15.7. The molecule has 0 unspecified atom stereocenters. The normalized spacial score (nSPS) is 14.0. The van der Waals surface area contributed by atoms with Crippen molar-refractivity contribution in [2.75, 3.05) is 30.4 Å². The zero-order valence-corrected chi connectivity index (χ0v) is 22.2. The number of rotatable bonds is 21. The van der Waals surface area contributed by atoms with E-state index in [4.69, 9.17) is 3.97 Å². The quantitative estimate of drug-likeness (QED) is 0.130. The van der Waals surface area contributed by atoms with Gasteiger partial charge >= 0.3 is 171 Å². The summed E-state index contributed by atoms with van der Waals surface area (Å²) in [6.07, 6.45) is 20.1. The third-order valence-electron chi connectivity index (χ3n) is 6.23. The van der Waals surface area contributed by atoms with E-state index >= 15 is 0 Å². The minimum atomic E-state index is -3.44. The Morgan fingerprint density at radius 2 is 0.862 bits per heavy atom. The molecule has 0 aliphatic carbocycles. The van der Waals surface area contributed by atoms with Crippen LogP contribution in [0.15, 0.2) is 0 Å². The van der Waals surface area contributed by atoms with E-state index in [0.29, 0.717) is 0 Å². The first-order valence-electron chi connectivity index (χ1n) is 12.8. The Balaban J connectivity index is 4.64. The summed E-state index contributed by atoms with van der Waals surface area (Å²) < 4.78 is 32.4. The molecule has 0 spiro atoms. The van der Waals surface area contributed by atoms with Crippen molar-refractivity contribution in [3.63, 3.8) is 0 Å². The Kier molecular flexibility index (Phi) is 16.2. The van der Waals surface area contributed by atoms with Gasteiger partial charge < -0.3 is 0 Å². The van der Waals surface area contributed by atoms with Crippen LogP contribution in [-0.4, -0.2) is 38.8 Å². The first-order valence-corrected chi connectivity index (χ1v) is 17.2. The van der Waals surface area contributed by atoms with Crippen molar-refractivity contribution in [1.29, 1.82) is 0 Å². The zero-order chi connectivity index (χ0) is 22.1. The summed E-state index contributed by atoms with van der Waals surface area (Å²) in [4.78, 5) is 0. The summed E-state index contributed by atoms with van der Waals surface area (Å²) >= 11 is 0. The molecular formula is C24H53O3PS. The Morgan fingerprint density at radius 1 is 0.517 bits per heavy atom. The first-order chi connectivity index (χ1) is 13.8. The standard InChI is InChI=1S/C24H53O3PS/c1-6-11-12-13-14-15-16-17-18-19-24-29(25,26)27-28(20-7-2,21-8-3,22-9-4)23-10-5/h6-24H2,1-5H3. The molecule has 0 amide bonds. The van der Waals surface area contributed by atoms with E-state index in [0.717, 1.165) is 69.6 Å².